The lowest BCUT2D eigenvalue weighted by Gasteiger charge is -2.08. The van der Waals surface area contributed by atoms with Crippen LogP contribution in [0, 0.1) is 11.8 Å². The van der Waals surface area contributed by atoms with E-state index in [9.17, 15) is 0 Å². The van der Waals surface area contributed by atoms with Crippen molar-refractivity contribution in [2.75, 3.05) is 0 Å². The molecule has 0 amide bonds. The minimum absolute atomic E-state index is 0.668. The first-order valence-electron chi connectivity index (χ1n) is 4.03. The molecule has 0 nitrogen and oxygen atoms in total. The van der Waals surface area contributed by atoms with E-state index in [0.717, 1.165) is 10.8 Å². The van der Waals surface area contributed by atoms with Crippen molar-refractivity contribution in [1.29, 1.82) is 0 Å². The molecule has 0 N–H and O–H groups in total. The fourth-order valence-electron chi connectivity index (χ4n) is 0.502. The topological polar surface area (TPSA) is 0 Å². The average Bonchev–Trinajstić information content (AvgIpc) is 1.86. The molecule has 0 aromatic heterocycles. The second-order valence-corrected chi connectivity index (χ2v) is 4.46. The van der Waals surface area contributed by atoms with Crippen molar-refractivity contribution in [1.82, 2.24) is 0 Å². The molecule has 0 saturated carbocycles. The van der Waals surface area contributed by atoms with E-state index in [2.05, 4.69) is 38.8 Å². The molecule has 11 heavy (non-hydrogen) atoms. The maximum absolute atomic E-state index is 3.81. The molecule has 0 radical (unpaired) electrons. The van der Waals surface area contributed by atoms with Gasteiger partial charge in [0.05, 0.1) is 0 Å². The molecule has 0 heterocycles. The number of rotatable bonds is 4. The lowest BCUT2D eigenvalue weighted by molar-refractivity contribution is 0.505. The normalized spacial score (nSPS) is 14.3. The summed E-state index contributed by atoms with van der Waals surface area (Å²) >= 11 is 1.70. The van der Waals surface area contributed by atoms with Crippen LogP contribution in [0.1, 0.15) is 27.7 Å². The van der Waals surface area contributed by atoms with Gasteiger partial charge in [-0.05, 0) is 29.1 Å². The van der Waals surface area contributed by atoms with Gasteiger partial charge in [-0.2, -0.15) is 0 Å². The first-order valence-corrected chi connectivity index (χ1v) is 4.91. The maximum Gasteiger partial charge on any atom is -0.0211 e. The lowest BCUT2D eigenvalue weighted by atomic mass is 9.99. The molecule has 0 aromatic rings. The Balaban J connectivity index is 3.65. The van der Waals surface area contributed by atoms with Crippen LogP contribution in [0.25, 0.3) is 0 Å². The van der Waals surface area contributed by atoms with E-state index in [-0.39, 0.29) is 0 Å². The molecule has 0 fully saturated rings. The second-order valence-electron chi connectivity index (χ2n) is 3.25. The van der Waals surface area contributed by atoms with Gasteiger partial charge in [0.15, 0.2) is 0 Å². The Morgan fingerprint density at radius 2 is 1.91 bits per heavy atom. The highest BCUT2D eigenvalue weighted by atomic mass is 32.2. The van der Waals surface area contributed by atoms with Gasteiger partial charge in [0, 0.05) is 0 Å². The van der Waals surface area contributed by atoms with Crippen LogP contribution in [-0.4, -0.2) is 0 Å². The van der Waals surface area contributed by atoms with Gasteiger partial charge >= 0.3 is 0 Å². The maximum atomic E-state index is 3.81. The van der Waals surface area contributed by atoms with Crippen LogP contribution in [0.15, 0.2) is 23.0 Å². The fraction of sp³-hybridized carbons (Fsp3) is 0.600. The quantitative estimate of drug-likeness (QED) is 0.613. The van der Waals surface area contributed by atoms with Gasteiger partial charge in [-0.25, -0.2) is 0 Å². The zero-order valence-corrected chi connectivity index (χ0v) is 8.74. The average molecular weight is 170 g/mol. The molecule has 1 heteroatoms. The third-order valence-electron chi connectivity index (χ3n) is 1.70. The van der Waals surface area contributed by atoms with Crippen molar-refractivity contribution >= 4 is 11.8 Å². The third kappa shape index (κ3) is 6.24. The first kappa shape index (κ1) is 10.8. The molecule has 0 aliphatic heterocycles. The summed E-state index contributed by atoms with van der Waals surface area (Å²) in [4.78, 5) is 1.15. The highest BCUT2D eigenvalue weighted by Gasteiger charge is 2.00. The Hall–Kier alpha value is -0.170. The van der Waals surface area contributed by atoms with E-state index in [1.807, 2.05) is 6.92 Å². The highest BCUT2D eigenvalue weighted by Crippen LogP contribution is 2.17. The van der Waals surface area contributed by atoms with Gasteiger partial charge in [-0.1, -0.05) is 33.4 Å². The Bertz CT molecular complexity index is 145. The fourth-order valence-corrected chi connectivity index (χ4v) is 1.06. The van der Waals surface area contributed by atoms with Crippen LogP contribution in [0.4, 0.5) is 0 Å². The van der Waals surface area contributed by atoms with Crippen LogP contribution in [-0.2, 0) is 0 Å². The molecule has 0 aliphatic rings. The Morgan fingerprint density at radius 1 is 1.36 bits per heavy atom. The highest BCUT2D eigenvalue weighted by molar-refractivity contribution is 8.05. The summed E-state index contributed by atoms with van der Waals surface area (Å²) in [6, 6.07) is 0. The van der Waals surface area contributed by atoms with Crippen LogP contribution in [0.3, 0.4) is 0 Å². The predicted octanol–water partition coefficient (Wildman–Crippen LogP) is 4.06. The minimum Gasteiger partial charge on any atom is -0.104 e. The summed E-state index contributed by atoms with van der Waals surface area (Å²) in [6.07, 6.45) is 2.24. The summed E-state index contributed by atoms with van der Waals surface area (Å²) in [5.41, 5.74) is 0. The van der Waals surface area contributed by atoms with Crippen molar-refractivity contribution in [2.24, 2.45) is 11.8 Å². The third-order valence-corrected chi connectivity index (χ3v) is 2.40. The molecule has 1 unspecified atom stereocenters. The van der Waals surface area contributed by atoms with E-state index in [4.69, 9.17) is 0 Å². The number of allylic oxidation sites excluding steroid dienone is 2. The smallest absolute Gasteiger partial charge is 0.0211 e. The van der Waals surface area contributed by atoms with E-state index in [1.165, 1.54) is 0 Å². The van der Waals surface area contributed by atoms with Gasteiger partial charge in [-0.15, -0.1) is 11.8 Å². The van der Waals surface area contributed by atoms with E-state index in [0.29, 0.717) is 5.92 Å². The van der Waals surface area contributed by atoms with Gasteiger partial charge in [0.1, 0.15) is 0 Å². The van der Waals surface area contributed by atoms with Crippen molar-refractivity contribution in [3.8, 4) is 0 Å². The zero-order valence-electron chi connectivity index (χ0n) is 7.92. The summed E-state index contributed by atoms with van der Waals surface area (Å²) in [5, 5.41) is 2.13. The molecule has 0 aromatic carbocycles. The summed E-state index contributed by atoms with van der Waals surface area (Å²) in [7, 11) is 0. The van der Waals surface area contributed by atoms with Gasteiger partial charge in [0.2, 0.25) is 0 Å². The molecular weight excluding hydrogens is 152 g/mol. The molecule has 0 rings (SSSR count). The summed E-state index contributed by atoms with van der Waals surface area (Å²) in [6.45, 7) is 12.5. The summed E-state index contributed by atoms with van der Waals surface area (Å²) in [5.74, 6) is 1.40. The van der Waals surface area contributed by atoms with Gasteiger partial charge < -0.3 is 0 Å². The lowest BCUT2D eigenvalue weighted by Crippen LogP contribution is -1.98. The Morgan fingerprint density at radius 3 is 2.27 bits per heavy atom. The Kier molecular flexibility index (Phi) is 5.39. The number of hydrogen-bond acceptors (Lipinski definition) is 1. The second kappa shape index (κ2) is 5.48. The van der Waals surface area contributed by atoms with Crippen molar-refractivity contribution < 1.29 is 0 Å². The monoisotopic (exact) mass is 170 g/mol. The van der Waals surface area contributed by atoms with Crippen LogP contribution < -0.4 is 0 Å². The zero-order chi connectivity index (χ0) is 8.85. The van der Waals surface area contributed by atoms with E-state index in [1.54, 1.807) is 11.8 Å². The van der Waals surface area contributed by atoms with Crippen LogP contribution in [0.2, 0.25) is 0 Å². The van der Waals surface area contributed by atoms with Gasteiger partial charge in [-0.3, -0.25) is 0 Å². The number of thioether (sulfide) groups is 1. The largest absolute Gasteiger partial charge is 0.104 e. The predicted molar refractivity (Wildman–Crippen MR) is 55.5 cm³/mol. The van der Waals surface area contributed by atoms with E-state index < -0.39 is 0 Å². The molecular formula is C10H18S. The van der Waals surface area contributed by atoms with Crippen LogP contribution >= 0.6 is 11.8 Å². The minimum atomic E-state index is 0.668. The molecule has 0 spiro atoms. The van der Waals surface area contributed by atoms with Crippen molar-refractivity contribution in [3.05, 3.63) is 23.0 Å². The molecule has 64 valence electrons. The standard InChI is InChI=1S/C10H18S/c1-8(2)10(5)6-7-11-9(3)4/h6-8,10H,3H2,1-2,4-5H3/b7-6-. The van der Waals surface area contributed by atoms with Crippen LogP contribution in [0.5, 0.6) is 0 Å². The number of hydrogen-bond donors (Lipinski definition) is 0. The molecule has 0 aliphatic carbocycles. The molecule has 0 saturated heterocycles. The Labute approximate surface area is 74.8 Å². The molecule has 1 atom stereocenters. The first-order chi connectivity index (χ1) is 5.04. The van der Waals surface area contributed by atoms with Crippen molar-refractivity contribution in [2.45, 2.75) is 27.7 Å². The SMILES string of the molecule is C=C(C)S/C=C\C(C)C(C)C. The van der Waals surface area contributed by atoms with Gasteiger partial charge in [0.25, 0.3) is 0 Å². The van der Waals surface area contributed by atoms with E-state index >= 15 is 0 Å². The molecule has 0 bridgehead atoms. The van der Waals surface area contributed by atoms with Crippen molar-refractivity contribution in [3.63, 3.8) is 0 Å². The summed E-state index contributed by atoms with van der Waals surface area (Å²) < 4.78 is 0.